The van der Waals surface area contributed by atoms with Gasteiger partial charge in [-0.25, -0.2) is 9.18 Å². The van der Waals surface area contributed by atoms with Crippen molar-refractivity contribution in [1.29, 1.82) is 0 Å². The molecule has 2 aromatic rings. The van der Waals surface area contributed by atoms with Gasteiger partial charge in [0.05, 0.1) is 18.4 Å². The van der Waals surface area contributed by atoms with Crippen LogP contribution in [-0.2, 0) is 4.74 Å². The van der Waals surface area contributed by atoms with Crippen molar-refractivity contribution in [2.24, 2.45) is 0 Å². The highest BCUT2D eigenvalue weighted by Crippen LogP contribution is 2.20. The standard InChI is InChI=1S/C17H16FNO3/c1-10-15(17(21)22-3)11(2)19-16(10)14(20)9-8-12-6-4-5-7-13(12)18/h4-9,19H,1-3H3/b9-8+. The Balaban J connectivity index is 2.31. The summed E-state index contributed by atoms with van der Waals surface area (Å²) >= 11 is 0. The maximum Gasteiger partial charge on any atom is 0.339 e. The van der Waals surface area contributed by atoms with E-state index in [0.717, 1.165) is 0 Å². The molecule has 0 atom stereocenters. The lowest BCUT2D eigenvalue weighted by atomic mass is 10.1. The number of halogens is 1. The summed E-state index contributed by atoms with van der Waals surface area (Å²) in [4.78, 5) is 26.8. The Bertz CT molecular complexity index is 759. The maximum absolute atomic E-state index is 13.5. The molecule has 0 aliphatic carbocycles. The van der Waals surface area contributed by atoms with Gasteiger partial charge in [-0.1, -0.05) is 18.2 Å². The van der Waals surface area contributed by atoms with Gasteiger partial charge in [-0.2, -0.15) is 0 Å². The number of hydrogen-bond acceptors (Lipinski definition) is 3. The quantitative estimate of drug-likeness (QED) is 0.534. The second kappa shape index (κ2) is 6.39. The van der Waals surface area contributed by atoms with E-state index in [1.807, 2.05) is 0 Å². The first-order valence-corrected chi connectivity index (χ1v) is 6.70. The van der Waals surface area contributed by atoms with Gasteiger partial charge in [0.2, 0.25) is 5.78 Å². The molecule has 1 heterocycles. The average Bonchev–Trinajstić information content (AvgIpc) is 2.80. The van der Waals surface area contributed by atoms with E-state index in [9.17, 15) is 14.0 Å². The molecule has 0 bridgehead atoms. The van der Waals surface area contributed by atoms with Crippen LogP contribution in [0.3, 0.4) is 0 Å². The Morgan fingerprint density at radius 2 is 1.91 bits per heavy atom. The smallest absolute Gasteiger partial charge is 0.339 e. The fourth-order valence-corrected chi connectivity index (χ4v) is 2.26. The predicted octanol–water partition coefficient (Wildman–Crippen LogP) is 3.45. The molecule has 5 heteroatoms. The number of aryl methyl sites for hydroxylation is 1. The summed E-state index contributed by atoms with van der Waals surface area (Å²) in [6, 6.07) is 6.16. The van der Waals surface area contributed by atoms with Crippen molar-refractivity contribution in [3.05, 3.63) is 64.2 Å². The van der Waals surface area contributed by atoms with Crippen LogP contribution in [-0.4, -0.2) is 23.8 Å². The summed E-state index contributed by atoms with van der Waals surface area (Å²) in [7, 11) is 1.29. The molecule has 0 aliphatic heterocycles. The van der Waals surface area contributed by atoms with E-state index < -0.39 is 11.8 Å². The van der Waals surface area contributed by atoms with Crippen LogP contribution in [0, 0.1) is 19.7 Å². The van der Waals surface area contributed by atoms with Gasteiger partial charge in [0.15, 0.2) is 0 Å². The second-order valence-corrected chi connectivity index (χ2v) is 4.84. The fourth-order valence-electron chi connectivity index (χ4n) is 2.26. The number of H-pyrrole nitrogens is 1. The number of rotatable bonds is 4. The number of carbonyl (C=O) groups excluding carboxylic acids is 2. The lowest BCUT2D eigenvalue weighted by molar-refractivity contribution is 0.0599. The highest BCUT2D eigenvalue weighted by molar-refractivity contribution is 6.08. The molecule has 0 aliphatic rings. The molecule has 0 amide bonds. The van der Waals surface area contributed by atoms with E-state index in [1.165, 1.54) is 25.3 Å². The van der Waals surface area contributed by atoms with E-state index in [1.54, 1.807) is 32.0 Å². The molecular formula is C17H16FNO3. The second-order valence-electron chi connectivity index (χ2n) is 4.84. The summed E-state index contributed by atoms with van der Waals surface area (Å²) in [5, 5.41) is 0. The number of benzene rings is 1. The molecular weight excluding hydrogens is 285 g/mol. The molecule has 114 valence electrons. The minimum atomic E-state index is -0.497. The average molecular weight is 301 g/mol. The van der Waals surface area contributed by atoms with E-state index in [-0.39, 0.29) is 5.78 Å². The van der Waals surface area contributed by atoms with Gasteiger partial charge < -0.3 is 9.72 Å². The number of carbonyl (C=O) groups is 2. The first-order valence-electron chi connectivity index (χ1n) is 6.70. The Morgan fingerprint density at radius 3 is 2.55 bits per heavy atom. The number of methoxy groups -OCH3 is 1. The van der Waals surface area contributed by atoms with Crippen LogP contribution in [0.5, 0.6) is 0 Å². The number of allylic oxidation sites excluding steroid dienone is 1. The third-order valence-electron chi connectivity index (χ3n) is 3.39. The van der Waals surface area contributed by atoms with Gasteiger partial charge in [-0.3, -0.25) is 4.79 Å². The van der Waals surface area contributed by atoms with Gasteiger partial charge >= 0.3 is 5.97 Å². The lowest BCUT2D eigenvalue weighted by Crippen LogP contribution is -2.04. The van der Waals surface area contributed by atoms with E-state index in [0.29, 0.717) is 28.1 Å². The normalized spacial score (nSPS) is 10.9. The largest absolute Gasteiger partial charge is 0.465 e. The Morgan fingerprint density at radius 1 is 1.23 bits per heavy atom. The van der Waals surface area contributed by atoms with Crippen molar-refractivity contribution in [1.82, 2.24) is 4.98 Å². The van der Waals surface area contributed by atoms with E-state index in [2.05, 4.69) is 4.98 Å². The molecule has 1 aromatic carbocycles. The van der Waals surface area contributed by atoms with Crippen molar-refractivity contribution in [2.45, 2.75) is 13.8 Å². The first kappa shape index (κ1) is 15.7. The van der Waals surface area contributed by atoms with E-state index in [4.69, 9.17) is 4.74 Å². The molecule has 1 N–H and O–H groups in total. The van der Waals surface area contributed by atoms with Gasteiger partial charge in [0.1, 0.15) is 5.82 Å². The topological polar surface area (TPSA) is 59.2 Å². The van der Waals surface area contributed by atoms with Crippen molar-refractivity contribution >= 4 is 17.8 Å². The first-order chi connectivity index (χ1) is 10.5. The van der Waals surface area contributed by atoms with Gasteiger partial charge in [-0.15, -0.1) is 0 Å². The van der Waals surface area contributed by atoms with Crippen LogP contribution >= 0.6 is 0 Å². The molecule has 0 saturated carbocycles. The van der Waals surface area contributed by atoms with Crippen LogP contribution in [0.2, 0.25) is 0 Å². The summed E-state index contributed by atoms with van der Waals surface area (Å²) in [5.74, 6) is -1.23. The summed E-state index contributed by atoms with van der Waals surface area (Å²) in [6.07, 6.45) is 2.68. The molecule has 1 aromatic heterocycles. The molecule has 0 unspecified atom stereocenters. The highest BCUT2D eigenvalue weighted by atomic mass is 19.1. The predicted molar refractivity (Wildman–Crippen MR) is 81.4 cm³/mol. The molecule has 0 fully saturated rings. The Labute approximate surface area is 127 Å². The van der Waals surface area contributed by atoms with Crippen molar-refractivity contribution in [3.8, 4) is 0 Å². The number of ketones is 1. The molecule has 4 nitrogen and oxygen atoms in total. The van der Waals surface area contributed by atoms with Gasteiger partial charge in [0, 0.05) is 11.3 Å². The van der Waals surface area contributed by atoms with Crippen molar-refractivity contribution in [3.63, 3.8) is 0 Å². The number of aromatic amines is 1. The zero-order valence-corrected chi connectivity index (χ0v) is 12.6. The number of hydrogen-bond donors (Lipinski definition) is 1. The molecule has 22 heavy (non-hydrogen) atoms. The number of ether oxygens (including phenoxy) is 1. The van der Waals surface area contributed by atoms with Gasteiger partial charge in [0.25, 0.3) is 0 Å². The van der Waals surface area contributed by atoms with E-state index >= 15 is 0 Å². The zero-order valence-electron chi connectivity index (χ0n) is 12.6. The minimum absolute atomic E-state index is 0.297. The van der Waals surface area contributed by atoms with Crippen molar-refractivity contribution in [2.75, 3.05) is 7.11 Å². The maximum atomic E-state index is 13.5. The minimum Gasteiger partial charge on any atom is -0.465 e. The van der Waals surface area contributed by atoms with Crippen LogP contribution in [0.4, 0.5) is 4.39 Å². The molecule has 2 rings (SSSR count). The molecule has 0 saturated heterocycles. The number of esters is 1. The number of nitrogens with one attached hydrogen (secondary N) is 1. The van der Waals surface area contributed by atoms with Crippen molar-refractivity contribution < 1.29 is 18.7 Å². The fraction of sp³-hybridized carbons (Fsp3) is 0.176. The Kier molecular flexibility index (Phi) is 4.56. The van der Waals surface area contributed by atoms with Crippen LogP contribution in [0.15, 0.2) is 30.3 Å². The summed E-state index contributed by atoms with van der Waals surface area (Å²) in [6.45, 7) is 3.36. The zero-order chi connectivity index (χ0) is 16.3. The highest BCUT2D eigenvalue weighted by Gasteiger charge is 2.21. The van der Waals surface area contributed by atoms with Crippen LogP contribution < -0.4 is 0 Å². The summed E-state index contributed by atoms with van der Waals surface area (Å²) < 4.78 is 18.2. The third-order valence-corrected chi connectivity index (χ3v) is 3.39. The van der Waals surface area contributed by atoms with Crippen LogP contribution in [0.1, 0.15) is 37.7 Å². The monoisotopic (exact) mass is 301 g/mol. The Hall–Kier alpha value is -2.69. The number of aromatic nitrogens is 1. The van der Waals surface area contributed by atoms with Crippen LogP contribution in [0.25, 0.3) is 6.08 Å². The summed E-state index contributed by atoms with van der Waals surface area (Å²) in [5.41, 5.74) is 2.06. The molecule has 0 radical (unpaired) electrons. The SMILES string of the molecule is COC(=O)c1c(C)[nH]c(C(=O)/C=C/c2ccccc2F)c1C. The molecule has 0 spiro atoms. The third kappa shape index (κ3) is 2.98. The lowest BCUT2D eigenvalue weighted by Gasteiger charge is -1.99. The van der Waals surface area contributed by atoms with Gasteiger partial charge in [-0.05, 0) is 37.6 Å².